The summed E-state index contributed by atoms with van der Waals surface area (Å²) in [6.07, 6.45) is -4.15. The monoisotopic (exact) mass is 1370 g/mol. The van der Waals surface area contributed by atoms with Crippen LogP contribution in [0.4, 0.5) is 35.1 Å². The Kier molecular flexibility index (Phi) is 24.7. The molecule has 16 nitrogen and oxygen atoms in total. The van der Waals surface area contributed by atoms with Crippen LogP contribution in [0.1, 0.15) is 77.9 Å². The van der Waals surface area contributed by atoms with E-state index in [0.717, 1.165) is 41.1 Å². The first-order chi connectivity index (χ1) is 41.4. The summed E-state index contributed by atoms with van der Waals surface area (Å²) in [4.78, 5) is 36.8. The molecule has 0 atom stereocenters. The number of H-pyrrole nitrogens is 2. The Morgan fingerprint density at radius 3 is 1.41 bits per heavy atom. The number of pyridine rings is 2. The third kappa shape index (κ3) is 20.7. The first kappa shape index (κ1) is 74.7. The van der Waals surface area contributed by atoms with E-state index in [0.29, 0.717) is 34.7 Å². The van der Waals surface area contributed by atoms with Crippen molar-refractivity contribution < 1.29 is 91.6 Å². The van der Waals surface area contributed by atoms with Gasteiger partial charge in [-0.15, -0.1) is 0 Å². The predicted molar refractivity (Wildman–Crippen MR) is 334 cm³/mol. The molecule has 1 aliphatic rings. The normalized spacial score (nSPS) is 14.3. The number of esters is 2. The van der Waals surface area contributed by atoms with Crippen molar-refractivity contribution in [3.05, 3.63) is 112 Å². The molecule has 2 N–H and O–H groups in total. The number of rotatable bonds is 22. The molecule has 7 rings (SSSR count). The van der Waals surface area contributed by atoms with Gasteiger partial charge in [0, 0.05) is 69.4 Å². The minimum Gasteiger partial charge on any atom is -0.476 e. The molecule has 0 aliphatic carbocycles. The first-order valence-corrected chi connectivity index (χ1v) is 37.1. The maximum atomic E-state index is 15.4. The van der Waals surface area contributed by atoms with E-state index in [-0.39, 0.29) is 61.3 Å². The van der Waals surface area contributed by atoms with Crippen molar-refractivity contribution in [2.24, 2.45) is 10.8 Å². The van der Waals surface area contributed by atoms with E-state index in [9.17, 15) is 40.3 Å². The molecule has 4 aromatic heterocycles. The highest BCUT2D eigenvalue weighted by Gasteiger charge is 2.52. The molecule has 5 heterocycles. The molecule has 28 heteroatoms. The highest BCUT2D eigenvalue weighted by Crippen LogP contribution is 2.38. The Bertz CT molecular complexity index is 3420. The van der Waals surface area contributed by atoms with Gasteiger partial charge in [0.15, 0.2) is 13.5 Å². The number of aryl methyl sites for hydroxylation is 2. The van der Waals surface area contributed by atoms with Gasteiger partial charge in [-0.05, 0) is 128 Å². The molecule has 6 aromatic rings. The van der Waals surface area contributed by atoms with Gasteiger partial charge in [-0.25, -0.2) is 37.9 Å². The van der Waals surface area contributed by atoms with Crippen LogP contribution in [0, 0.1) is 36.3 Å². The van der Waals surface area contributed by atoms with E-state index in [2.05, 4.69) is 75.1 Å². The first-order valence-electron chi connectivity index (χ1n) is 28.9. The van der Waals surface area contributed by atoms with Gasteiger partial charge in [0.2, 0.25) is 23.1 Å². The van der Waals surface area contributed by atoms with Crippen molar-refractivity contribution in [3.63, 3.8) is 0 Å². The molecule has 494 valence electrons. The van der Waals surface area contributed by atoms with Crippen molar-refractivity contribution in [2.45, 2.75) is 158 Å². The molecule has 0 radical (unpaired) electrons. The van der Waals surface area contributed by atoms with E-state index >= 15 is 4.39 Å². The van der Waals surface area contributed by atoms with Crippen molar-refractivity contribution in [2.75, 3.05) is 40.6 Å². The van der Waals surface area contributed by atoms with Crippen LogP contribution in [0.3, 0.4) is 0 Å². The number of halogens is 9. The molecule has 0 spiro atoms. The highest BCUT2D eigenvalue weighted by atomic mass is 79.9. The number of methoxy groups -OCH3 is 2. The molecule has 0 saturated carbocycles. The Morgan fingerprint density at radius 2 is 1.03 bits per heavy atom. The van der Waals surface area contributed by atoms with Gasteiger partial charge in [-0.2, -0.15) is 26.3 Å². The number of nitrogens with zero attached hydrogens (tertiary/aromatic N) is 4. The second-order valence-corrected chi connectivity index (χ2v) is 38.8. The van der Waals surface area contributed by atoms with Gasteiger partial charge in [-0.3, -0.25) is 9.59 Å². The fourth-order valence-electron chi connectivity index (χ4n) is 8.41. The fraction of sp³-hybridized carbons (Fsp3) is 0.516. The summed E-state index contributed by atoms with van der Waals surface area (Å²) in [7, 11) is -0.475. The zero-order valence-electron chi connectivity index (χ0n) is 54.4. The number of aromatic nitrogens is 6. The number of hydrogen-bond donors (Lipinski definition) is 2. The summed E-state index contributed by atoms with van der Waals surface area (Å²) in [5, 5.41) is 0. The van der Waals surface area contributed by atoms with Gasteiger partial charge < -0.3 is 37.7 Å². The van der Waals surface area contributed by atoms with Gasteiger partial charge in [0.25, 0.3) is 11.6 Å². The molecular formula is C62H84BBrF8N6O10Si2+2. The quantitative estimate of drug-likeness (QED) is 0.0217. The maximum Gasteiger partial charge on any atom is 0.496 e. The Labute approximate surface area is 532 Å². The van der Waals surface area contributed by atoms with Gasteiger partial charge in [-0.1, -0.05) is 61.3 Å². The van der Waals surface area contributed by atoms with Crippen LogP contribution in [-0.4, -0.2) is 107 Å². The van der Waals surface area contributed by atoms with Crippen LogP contribution in [-0.2, 0) is 63.7 Å². The van der Waals surface area contributed by atoms with Crippen LogP contribution in [0.5, 0.6) is 11.8 Å². The number of imidazole rings is 2. The summed E-state index contributed by atoms with van der Waals surface area (Å²) >= 11 is 3.14. The molecular weight excluding hydrogens is 1290 g/mol. The molecule has 0 amide bonds. The van der Waals surface area contributed by atoms with Crippen molar-refractivity contribution in [1.82, 2.24) is 19.9 Å². The zero-order chi connectivity index (χ0) is 67.8. The number of alkyl halides is 6. The van der Waals surface area contributed by atoms with Crippen molar-refractivity contribution >= 4 is 56.6 Å². The van der Waals surface area contributed by atoms with E-state index in [1.807, 2.05) is 40.7 Å². The SMILES string of the molecule is COC(=O)C(C)(C)COc1cc(C)c(-c2ccc(-c3[nH]c(C(F)(F)F)c[n+]3COCC[Si](C)(C)C)c(F)c2)cn1.COC(=O)C(C)(C)COc1cc(C)c(B2OC(C)(C)C(C)(C)O2)cn1.C[Si](C)(C)CCOC[n+]1cc(C(F)(F)F)[nH]c1-c1ccc(Br)cc1F. The molecule has 1 fully saturated rings. The Hall–Kier alpha value is -6.04. The van der Waals surface area contributed by atoms with E-state index in [1.165, 1.54) is 53.8 Å². The highest BCUT2D eigenvalue weighted by molar-refractivity contribution is 9.10. The number of ether oxygens (including phenoxy) is 6. The van der Waals surface area contributed by atoms with Gasteiger partial charge >= 0.3 is 31.4 Å². The third-order valence-electron chi connectivity index (χ3n) is 14.8. The molecule has 2 aromatic carbocycles. The molecule has 0 unspecified atom stereocenters. The molecule has 1 aliphatic heterocycles. The fourth-order valence-corrected chi connectivity index (χ4v) is 10.3. The van der Waals surface area contributed by atoms with Gasteiger partial charge in [0.1, 0.15) is 37.2 Å². The number of benzene rings is 2. The van der Waals surface area contributed by atoms with E-state index < -0.39 is 86.6 Å². The lowest BCUT2D eigenvalue weighted by Crippen LogP contribution is -2.41. The lowest BCUT2D eigenvalue weighted by molar-refractivity contribution is -0.722. The van der Waals surface area contributed by atoms with E-state index in [4.69, 9.17) is 37.7 Å². The average Bonchev–Trinajstić information content (AvgIpc) is 1.62. The predicted octanol–water partition coefficient (Wildman–Crippen LogP) is 13.9. The number of carbonyl (C=O) groups excluding carboxylic acids is 2. The standard InChI is InChI=1S/C28H35F4N3O4Si.C18H28BNO5.C16H19BrF4N2OSi/c1-18-12-24(39-16-27(2,3)26(36)37-4)33-14-21(18)19-8-9-20(22(29)13-19)25-34-23(28(30,31)32)15-35(25)17-38-10-11-40(5,6)7;1-12-9-14(23-11-16(2,3)15(21)22-8)20-10-13(12)19-24-17(4,5)18(6,7)25-19;1-25(2,3)7-6-24-10-23-9-14(16(19,20)21)22-15(23)12-5-4-11(17)8-13(12)18/h8-9,12-15H,10-11,16-17H2,1-7H3;9-10H,11H2,1-8H3;4-5,8-9H,6-7,10H2,1-3H3/p+2. The van der Waals surface area contributed by atoms with Crippen LogP contribution in [0.2, 0.25) is 51.4 Å². The lowest BCUT2D eigenvalue weighted by atomic mass is 9.77. The molecule has 1 saturated heterocycles. The number of aromatic amines is 2. The number of nitrogens with one attached hydrogen (secondary N) is 2. The van der Waals surface area contributed by atoms with Crippen LogP contribution < -0.4 is 24.1 Å². The summed E-state index contributed by atoms with van der Waals surface area (Å²) in [6.45, 7) is 32.7. The number of carbonyl (C=O) groups is 2. The third-order valence-corrected chi connectivity index (χ3v) is 18.7. The second-order valence-electron chi connectivity index (χ2n) is 26.6. The van der Waals surface area contributed by atoms with Crippen LogP contribution in [0.15, 0.2) is 77.8 Å². The Morgan fingerprint density at radius 1 is 0.622 bits per heavy atom. The summed E-state index contributed by atoms with van der Waals surface area (Å²) in [6, 6.07) is 13.7. The molecule has 90 heavy (non-hydrogen) atoms. The minimum absolute atomic E-state index is 0.0188. The topological polar surface area (TPSA) is 173 Å². The summed E-state index contributed by atoms with van der Waals surface area (Å²) < 4.78 is 156. The van der Waals surface area contributed by atoms with Crippen molar-refractivity contribution in [1.29, 1.82) is 0 Å². The minimum atomic E-state index is -4.63. The maximum absolute atomic E-state index is 15.4. The van der Waals surface area contributed by atoms with E-state index in [1.54, 1.807) is 59.0 Å². The largest absolute Gasteiger partial charge is 0.496 e. The summed E-state index contributed by atoms with van der Waals surface area (Å²) in [5.74, 6) is -1.35. The van der Waals surface area contributed by atoms with Gasteiger partial charge in [0.05, 0.1) is 47.4 Å². The summed E-state index contributed by atoms with van der Waals surface area (Å²) in [5.41, 5.74) is -0.649. The number of hydrogen-bond acceptors (Lipinski definition) is 12. The average molecular weight is 1370 g/mol. The van der Waals surface area contributed by atoms with Crippen LogP contribution in [0.25, 0.3) is 33.9 Å². The second kappa shape index (κ2) is 29.7. The lowest BCUT2D eigenvalue weighted by Gasteiger charge is -2.32. The van der Waals surface area contributed by atoms with Crippen LogP contribution >= 0.6 is 15.9 Å². The smallest absolute Gasteiger partial charge is 0.476 e. The zero-order valence-corrected chi connectivity index (χ0v) is 58.0. The Balaban J connectivity index is 0.000000257. The van der Waals surface area contributed by atoms with Crippen molar-refractivity contribution in [3.8, 4) is 45.7 Å². The molecule has 0 bridgehead atoms.